The normalized spacial score (nSPS) is 15.7. The molecule has 0 radical (unpaired) electrons. The number of rotatable bonds is 12. The molecule has 2 aromatic rings. The highest BCUT2D eigenvalue weighted by Gasteiger charge is 2.36. The first-order valence-corrected chi connectivity index (χ1v) is 12.1. The summed E-state index contributed by atoms with van der Waals surface area (Å²) < 4.78 is 34.6. The first kappa shape index (κ1) is 28.1. The first-order chi connectivity index (χ1) is 17.3. The predicted octanol–water partition coefficient (Wildman–Crippen LogP) is 1.99. The summed E-state index contributed by atoms with van der Waals surface area (Å²) >= 11 is 5.84. The van der Waals surface area contributed by atoms with E-state index in [0.29, 0.717) is 23.3 Å². The number of carbonyl (C=O) groups is 1. The van der Waals surface area contributed by atoms with E-state index in [1.165, 1.54) is 6.07 Å². The Morgan fingerprint density at radius 2 is 1.72 bits per heavy atom. The first-order valence-electron chi connectivity index (χ1n) is 11.7. The van der Waals surface area contributed by atoms with Crippen LogP contribution in [0, 0.1) is 17.6 Å². The molecule has 1 fully saturated rings. The Labute approximate surface area is 213 Å². The highest BCUT2D eigenvalue weighted by molar-refractivity contribution is 6.30. The highest BCUT2D eigenvalue weighted by Crippen LogP contribution is 2.27. The zero-order valence-corrected chi connectivity index (χ0v) is 20.5. The molecule has 0 aliphatic carbocycles. The van der Waals surface area contributed by atoms with E-state index in [2.05, 4.69) is 20.2 Å². The Hall–Kier alpha value is -2.44. The number of nitrogens with one attached hydrogen (secondary N) is 1. The second-order valence-corrected chi connectivity index (χ2v) is 9.34. The average Bonchev–Trinajstić information content (AvgIpc) is 2.89. The van der Waals surface area contributed by atoms with E-state index in [9.17, 15) is 28.9 Å². The van der Waals surface area contributed by atoms with Crippen LogP contribution in [0.15, 0.2) is 30.6 Å². The van der Waals surface area contributed by atoms with Gasteiger partial charge in [0.2, 0.25) is 5.95 Å². The molecule has 1 aliphatic heterocycles. The molecule has 2 heterocycles. The molecule has 4 N–H and O–H groups in total. The Morgan fingerprint density at radius 1 is 1.14 bits per heavy atom. The Kier molecular flexibility index (Phi) is 10.3. The largest absolute Gasteiger partial charge is 0.394 e. The highest BCUT2D eigenvalue weighted by atomic mass is 35.5. The number of aliphatic hydroxyl groups excluding tert-OH is 3. The van der Waals surface area contributed by atoms with E-state index in [4.69, 9.17) is 16.3 Å². The number of amides is 1. The number of benzene rings is 1. The van der Waals surface area contributed by atoms with Crippen LogP contribution in [0.3, 0.4) is 0 Å². The summed E-state index contributed by atoms with van der Waals surface area (Å²) in [5.74, 6) is -1.87. The Bertz CT molecular complexity index is 960. The average molecular weight is 529 g/mol. The summed E-state index contributed by atoms with van der Waals surface area (Å²) in [5, 5.41) is 31.3. The van der Waals surface area contributed by atoms with Crippen molar-refractivity contribution in [1.82, 2.24) is 15.3 Å². The van der Waals surface area contributed by atoms with Gasteiger partial charge in [-0.05, 0) is 43.7 Å². The fourth-order valence-electron chi connectivity index (χ4n) is 4.11. The van der Waals surface area contributed by atoms with Crippen molar-refractivity contribution >= 4 is 23.5 Å². The zero-order valence-electron chi connectivity index (χ0n) is 19.7. The molecule has 1 aromatic heterocycles. The minimum Gasteiger partial charge on any atom is -0.394 e. The van der Waals surface area contributed by atoms with Crippen LogP contribution in [0.5, 0.6) is 0 Å². The van der Waals surface area contributed by atoms with E-state index in [1.54, 1.807) is 12.4 Å². The number of aromatic nitrogens is 2. The molecule has 9 nitrogen and oxygen atoms in total. The van der Waals surface area contributed by atoms with Gasteiger partial charge in [-0.2, -0.15) is 0 Å². The number of carbonyl (C=O) groups excluding carboxylic acids is 1. The fourth-order valence-corrected chi connectivity index (χ4v) is 4.21. The molecule has 3 rings (SSSR count). The minimum atomic E-state index is -1.76. The van der Waals surface area contributed by atoms with Gasteiger partial charge in [-0.3, -0.25) is 4.79 Å². The zero-order chi connectivity index (χ0) is 26.1. The molecule has 1 saturated heterocycles. The topological polar surface area (TPSA) is 128 Å². The molecule has 0 spiro atoms. The molecule has 0 bridgehead atoms. The van der Waals surface area contributed by atoms with Gasteiger partial charge in [-0.1, -0.05) is 17.7 Å². The number of ether oxygens (including phenoxy) is 1. The fraction of sp³-hybridized carbons (Fsp3) is 0.542. The summed E-state index contributed by atoms with van der Waals surface area (Å²) in [6.07, 6.45) is 4.60. The van der Waals surface area contributed by atoms with Crippen LogP contribution in [-0.2, 0) is 9.53 Å². The third-order valence-electron chi connectivity index (χ3n) is 6.34. The minimum absolute atomic E-state index is 0.0523. The van der Waals surface area contributed by atoms with Gasteiger partial charge < -0.3 is 30.3 Å². The number of hydrogen-bond donors (Lipinski definition) is 4. The molecular weight excluding hydrogens is 498 g/mol. The Balaban J connectivity index is 1.57. The van der Waals surface area contributed by atoms with E-state index in [1.807, 2.05) is 0 Å². The molecule has 1 unspecified atom stereocenters. The van der Waals surface area contributed by atoms with Gasteiger partial charge in [0.15, 0.2) is 6.10 Å². The number of aliphatic hydroxyl groups is 3. The van der Waals surface area contributed by atoms with Gasteiger partial charge in [0.05, 0.1) is 42.8 Å². The van der Waals surface area contributed by atoms with E-state index in [-0.39, 0.29) is 6.61 Å². The molecular formula is C24H31ClF2N4O5. The summed E-state index contributed by atoms with van der Waals surface area (Å²) in [4.78, 5) is 23.5. The molecule has 1 aliphatic rings. The van der Waals surface area contributed by atoms with Gasteiger partial charge in [-0.25, -0.2) is 18.7 Å². The maximum Gasteiger partial charge on any atom is 0.254 e. The van der Waals surface area contributed by atoms with Gasteiger partial charge >= 0.3 is 0 Å². The molecule has 1 amide bonds. The Morgan fingerprint density at radius 3 is 2.28 bits per heavy atom. The molecule has 1 atom stereocenters. The third-order valence-corrected chi connectivity index (χ3v) is 6.54. The molecule has 12 heteroatoms. The number of anilines is 1. The SMILES string of the molecule is O=C(NC(CO)(CO)CO)C(OCCCC1CCN(c2ncc(Cl)cn2)CC1)c1c(F)cccc1F. The molecule has 36 heavy (non-hydrogen) atoms. The third kappa shape index (κ3) is 7.07. The van der Waals surface area contributed by atoms with Gasteiger partial charge in [-0.15, -0.1) is 0 Å². The number of halogens is 3. The maximum absolute atomic E-state index is 14.5. The van der Waals surface area contributed by atoms with Crippen LogP contribution in [0.1, 0.15) is 37.4 Å². The van der Waals surface area contributed by atoms with Crippen molar-refractivity contribution in [2.24, 2.45) is 5.92 Å². The second-order valence-electron chi connectivity index (χ2n) is 8.90. The van der Waals surface area contributed by atoms with E-state index >= 15 is 0 Å². The predicted molar refractivity (Wildman–Crippen MR) is 128 cm³/mol. The lowest BCUT2D eigenvalue weighted by Crippen LogP contribution is -2.58. The summed E-state index contributed by atoms with van der Waals surface area (Å²) in [6.45, 7) is -0.723. The van der Waals surface area contributed by atoms with Gasteiger partial charge in [0.25, 0.3) is 5.91 Å². The van der Waals surface area contributed by atoms with Crippen molar-refractivity contribution in [3.05, 3.63) is 52.8 Å². The molecule has 198 valence electrons. The lowest BCUT2D eigenvalue weighted by atomic mass is 9.92. The van der Waals surface area contributed by atoms with Crippen LogP contribution in [0.2, 0.25) is 5.02 Å². The van der Waals surface area contributed by atoms with Crippen molar-refractivity contribution < 1.29 is 33.6 Å². The van der Waals surface area contributed by atoms with Crippen molar-refractivity contribution in [1.29, 1.82) is 0 Å². The lowest BCUT2D eigenvalue weighted by molar-refractivity contribution is -0.138. The summed E-state index contributed by atoms with van der Waals surface area (Å²) in [7, 11) is 0. The smallest absolute Gasteiger partial charge is 0.254 e. The number of piperidine rings is 1. The molecule has 0 saturated carbocycles. The van der Waals surface area contributed by atoms with Crippen LogP contribution < -0.4 is 10.2 Å². The van der Waals surface area contributed by atoms with Crippen molar-refractivity contribution in [2.45, 2.75) is 37.3 Å². The molecule has 1 aromatic carbocycles. The van der Waals surface area contributed by atoms with Crippen LogP contribution in [0.25, 0.3) is 0 Å². The standard InChI is InChI=1S/C24H31ClF2N4O5/c25-17-11-28-23(29-12-17)31-8-6-16(7-9-31)3-2-10-36-21(20-18(26)4-1-5-19(20)27)22(35)30-24(13-32,14-33)15-34/h1,4-5,11-12,16,21,32-34H,2-3,6-10,13-15H2,(H,30,35). The van der Waals surface area contributed by atoms with Crippen LogP contribution in [-0.4, -0.2) is 76.3 Å². The second kappa shape index (κ2) is 13.2. The van der Waals surface area contributed by atoms with Crippen molar-refractivity contribution in [2.75, 3.05) is 44.4 Å². The van der Waals surface area contributed by atoms with E-state index in [0.717, 1.165) is 44.5 Å². The lowest BCUT2D eigenvalue weighted by Gasteiger charge is -2.32. The number of hydrogen-bond acceptors (Lipinski definition) is 8. The quantitative estimate of drug-likeness (QED) is 0.308. The number of nitrogens with zero attached hydrogens (tertiary/aromatic N) is 3. The summed E-state index contributed by atoms with van der Waals surface area (Å²) in [6, 6.07) is 3.19. The van der Waals surface area contributed by atoms with Crippen LogP contribution in [0.4, 0.5) is 14.7 Å². The van der Waals surface area contributed by atoms with Crippen molar-refractivity contribution in [3.63, 3.8) is 0 Å². The maximum atomic E-state index is 14.5. The summed E-state index contributed by atoms with van der Waals surface area (Å²) in [5.41, 5.74) is -2.34. The van der Waals surface area contributed by atoms with Crippen LogP contribution >= 0.6 is 11.6 Å². The monoisotopic (exact) mass is 528 g/mol. The van der Waals surface area contributed by atoms with Crippen molar-refractivity contribution in [3.8, 4) is 0 Å². The van der Waals surface area contributed by atoms with Gasteiger partial charge in [0.1, 0.15) is 17.2 Å². The van der Waals surface area contributed by atoms with E-state index < -0.39 is 54.6 Å². The van der Waals surface area contributed by atoms with Gasteiger partial charge in [0, 0.05) is 19.7 Å².